The first-order valence-corrected chi connectivity index (χ1v) is 12.7. The van der Waals surface area contributed by atoms with Gasteiger partial charge in [-0.25, -0.2) is 19.6 Å². The topological polar surface area (TPSA) is 135 Å². The zero-order valence-electron chi connectivity index (χ0n) is 22.2. The Hall–Kier alpha value is -4.64. The lowest BCUT2D eigenvalue weighted by molar-refractivity contribution is -0.125. The van der Waals surface area contributed by atoms with Gasteiger partial charge in [-0.05, 0) is 57.3 Å². The lowest BCUT2D eigenvalue weighted by Gasteiger charge is -2.15. The minimum absolute atomic E-state index is 0.0140. The predicted molar refractivity (Wildman–Crippen MR) is 150 cm³/mol. The Bertz CT molecular complexity index is 1540. The molecule has 1 aliphatic heterocycles. The van der Waals surface area contributed by atoms with E-state index in [4.69, 9.17) is 10.8 Å². The maximum Gasteiger partial charge on any atom is 0.256 e. The summed E-state index contributed by atoms with van der Waals surface area (Å²) in [5.74, 6) is 0.551. The van der Waals surface area contributed by atoms with E-state index in [1.165, 1.54) is 6.33 Å². The minimum atomic E-state index is -0.256. The second kappa shape index (κ2) is 11.0. The van der Waals surface area contributed by atoms with Crippen LogP contribution in [0.4, 0.5) is 11.6 Å². The number of aryl methyl sites for hydroxylation is 1. The molecule has 0 spiro atoms. The lowest BCUT2D eigenvalue weighted by atomic mass is 10.1. The first-order chi connectivity index (χ1) is 18.8. The van der Waals surface area contributed by atoms with Crippen molar-refractivity contribution in [2.75, 3.05) is 44.8 Å². The van der Waals surface area contributed by atoms with E-state index >= 15 is 0 Å². The predicted octanol–water partition coefficient (Wildman–Crippen LogP) is 2.92. The van der Waals surface area contributed by atoms with E-state index in [1.54, 1.807) is 24.4 Å². The fourth-order valence-electron chi connectivity index (χ4n) is 4.64. The molecule has 1 aliphatic rings. The van der Waals surface area contributed by atoms with Gasteiger partial charge in [0.1, 0.15) is 23.7 Å². The zero-order valence-corrected chi connectivity index (χ0v) is 22.2. The van der Waals surface area contributed by atoms with E-state index in [0.29, 0.717) is 53.6 Å². The van der Waals surface area contributed by atoms with Gasteiger partial charge in [0.15, 0.2) is 5.65 Å². The number of rotatable bonds is 7. The van der Waals surface area contributed by atoms with Crippen LogP contribution in [0.25, 0.3) is 22.3 Å². The van der Waals surface area contributed by atoms with Crippen LogP contribution in [0, 0.1) is 6.92 Å². The number of anilines is 2. The molecule has 0 saturated carbocycles. The number of carbonyl (C=O) groups is 2. The summed E-state index contributed by atoms with van der Waals surface area (Å²) >= 11 is 0. The smallest absolute Gasteiger partial charge is 0.256 e. The normalized spacial score (nSPS) is 15.5. The highest BCUT2D eigenvalue weighted by Gasteiger charge is 2.30. The molecular formula is C28H31N9O2. The van der Waals surface area contributed by atoms with Crippen molar-refractivity contribution in [3.8, 4) is 11.3 Å². The minimum Gasteiger partial charge on any atom is -0.383 e. The first kappa shape index (κ1) is 26.0. The molecule has 4 heterocycles. The number of fused-ring (bicyclic) bond motifs is 1. The SMILES string of the molecule is Cc1ccnc(NC(=O)c2ccc(-c3nn([C@@H]4CCN(C(=O)C=CCN(C)C)C4)c4ncnc(N)c34)cc2)c1. The Balaban J connectivity index is 1.38. The van der Waals surface area contributed by atoms with Gasteiger partial charge in [0, 0.05) is 43.0 Å². The molecule has 1 atom stereocenters. The van der Waals surface area contributed by atoms with Gasteiger partial charge in [0.25, 0.3) is 5.91 Å². The Morgan fingerprint density at radius 2 is 1.95 bits per heavy atom. The molecule has 39 heavy (non-hydrogen) atoms. The van der Waals surface area contributed by atoms with Gasteiger partial charge >= 0.3 is 0 Å². The zero-order chi connectivity index (χ0) is 27.5. The molecule has 0 bridgehead atoms. The van der Waals surface area contributed by atoms with Gasteiger partial charge in [-0.15, -0.1) is 0 Å². The average Bonchev–Trinajstić information content (AvgIpc) is 3.55. The number of benzene rings is 1. The standard InChI is InChI=1S/C28H31N9O2/c1-18-10-12-30-22(15-18)33-28(39)20-8-6-19(7-9-20)25-24-26(29)31-17-32-27(24)37(34-25)21-11-14-36(16-21)23(38)5-4-13-35(2)3/h4-10,12,15,17,21H,11,13-14,16H2,1-3H3,(H2,29,31,32)(H,30,33,39)/t21-/m1/s1. The van der Waals surface area contributed by atoms with Crippen molar-refractivity contribution < 1.29 is 9.59 Å². The second-order valence-electron chi connectivity index (χ2n) is 9.89. The molecule has 3 aromatic heterocycles. The van der Waals surface area contributed by atoms with Crippen molar-refractivity contribution in [3.05, 3.63) is 72.2 Å². The summed E-state index contributed by atoms with van der Waals surface area (Å²) in [5.41, 5.74) is 9.81. The molecule has 2 amide bonds. The molecule has 1 fully saturated rings. The Labute approximate surface area is 226 Å². The second-order valence-corrected chi connectivity index (χ2v) is 9.89. The van der Waals surface area contributed by atoms with Gasteiger partial charge in [-0.3, -0.25) is 9.59 Å². The van der Waals surface area contributed by atoms with E-state index < -0.39 is 0 Å². The first-order valence-electron chi connectivity index (χ1n) is 12.7. The van der Waals surface area contributed by atoms with Crippen molar-refractivity contribution >= 4 is 34.5 Å². The van der Waals surface area contributed by atoms with Gasteiger partial charge in [-0.2, -0.15) is 5.10 Å². The van der Waals surface area contributed by atoms with Crippen molar-refractivity contribution in [1.29, 1.82) is 0 Å². The molecule has 5 rings (SSSR count). The summed E-state index contributed by atoms with van der Waals surface area (Å²) in [6.45, 7) is 3.80. The summed E-state index contributed by atoms with van der Waals surface area (Å²) in [5, 5.41) is 8.36. The van der Waals surface area contributed by atoms with Gasteiger partial charge in [0.05, 0.1) is 11.4 Å². The van der Waals surface area contributed by atoms with E-state index in [9.17, 15) is 9.59 Å². The highest BCUT2D eigenvalue weighted by Crippen LogP contribution is 2.34. The molecule has 11 nitrogen and oxygen atoms in total. The number of pyridine rings is 1. The molecule has 11 heteroatoms. The van der Waals surface area contributed by atoms with Crippen LogP contribution < -0.4 is 11.1 Å². The molecule has 0 unspecified atom stereocenters. The maximum absolute atomic E-state index is 12.8. The van der Waals surface area contributed by atoms with Gasteiger partial charge in [0.2, 0.25) is 5.91 Å². The quantitative estimate of drug-likeness (QED) is 0.352. The number of amides is 2. The third-order valence-corrected chi connectivity index (χ3v) is 6.65. The monoisotopic (exact) mass is 525 g/mol. The number of hydrogen-bond acceptors (Lipinski definition) is 8. The highest BCUT2D eigenvalue weighted by atomic mass is 16.2. The van der Waals surface area contributed by atoms with Crippen LogP contribution in [0.5, 0.6) is 0 Å². The van der Waals surface area contributed by atoms with Crippen LogP contribution in [-0.2, 0) is 4.79 Å². The van der Waals surface area contributed by atoms with E-state index in [2.05, 4.69) is 20.3 Å². The number of carbonyl (C=O) groups excluding carboxylic acids is 2. The molecule has 0 aliphatic carbocycles. The van der Waals surface area contributed by atoms with Crippen LogP contribution in [-0.4, -0.2) is 80.1 Å². The summed E-state index contributed by atoms with van der Waals surface area (Å²) < 4.78 is 1.85. The average molecular weight is 526 g/mol. The molecule has 4 aromatic rings. The van der Waals surface area contributed by atoms with Crippen LogP contribution in [0.3, 0.4) is 0 Å². The maximum atomic E-state index is 12.8. The summed E-state index contributed by atoms with van der Waals surface area (Å²) in [6.07, 6.45) is 7.32. The van der Waals surface area contributed by atoms with Crippen molar-refractivity contribution in [2.24, 2.45) is 0 Å². The molecule has 1 saturated heterocycles. The fraction of sp³-hybridized carbons (Fsp3) is 0.286. The van der Waals surface area contributed by atoms with Crippen LogP contribution in [0.2, 0.25) is 0 Å². The number of likely N-dealkylation sites (tertiary alicyclic amines) is 1. The number of nitrogens with two attached hydrogens (primary N) is 1. The molecule has 1 aromatic carbocycles. The molecule has 200 valence electrons. The third kappa shape index (κ3) is 5.63. The number of likely N-dealkylation sites (N-methyl/N-ethyl adjacent to an activating group) is 1. The van der Waals surface area contributed by atoms with Crippen molar-refractivity contribution in [2.45, 2.75) is 19.4 Å². The summed E-state index contributed by atoms with van der Waals surface area (Å²) in [6, 6.07) is 10.8. The summed E-state index contributed by atoms with van der Waals surface area (Å²) in [7, 11) is 3.92. The number of nitrogens with zero attached hydrogens (tertiary/aromatic N) is 7. The van der Waals surface area contributed by atoms with E-state index in [-0.39, 0.29) is 17.9 Å². The largest absolute Gasteiger partial charge is 0.383 e. The Kier molecular flexibility index (Phi) is 7.33. The van der Waals surface area contributed by atoms with Gasteiger partial charge in [-0.1, -0.05) is 18.2 Å². The van der Waals surface area contributed by atoms with Crippen LogP contribution in [0.15, 0.2) is 61.1 Å². The van der Waals surface area contributed by atoms with Crippen LogP contribution >= 0.6 is 0 Å². The van der Waals surface area contributed by atoms with Crippen molar-refractivity contribution in [1.82, 2.24) is 34.5 Å². The van der Waals surface area contributed by atoms with E-state index in [1.807, 2.05) is 65.8 Å². The van der Waals surface area contributed by atoms with Crippen molar-refractivity contribution in [3.63, 3.8) is 0 Å². The lowest BCUT2D eigenvalue weighted by Crippen LogP contribution is -2.28. The number of hydrogen-bond donors (Lipinski definition) is 2. The Morgan fingerprint density at radius 1 is 1.15 bits per heavy atom. The fourth-order valence-corrected chi connectivity index (χ4v) is 4.64. The number of nitrogens with one attached hydrogen (secondary N) is 1. The molecular weight excluding hydrogens is 494 g/mol. The van der Waals surface area contributed by atoms with Crippen LogP contribution in [0.1, 0.15) is 28.4 Å². The third-order valence-electron chi connectivity index (χ3n) is 6.65. The molecule has 3 N–H and O–H groups in total. The Morgan fingerprint density at radius 3 is 2.69 bits per heavy atom. The van der Waals surface area contributed by atoms with Gasteiger partial charge < -0.3 is 20.9 Å². The number of nitrogen functional groups attached to an aromatic ring is 1. The van der Waals surface area contributed by atoms with E-state index in [0.717, 1.165) is 17.5 Å². The highest BCUT2D eigenvalue weighted by molar-refractivity contribution is 6.04. The molecule has 0 radical (unpaired) electrons. The summed E-state index contributed by atoms with van der Waals surface area (Å²) in [4.78, 5) is 42.1. The number of aromatic nitrogens is 5.